The number of anilines is 2. The Morgan fingerprint density at radius 1 is 0.962 bits per heavy atom. The third kappa shape index (κ3) is 4.35. The van der Waals surface area contributed by atoms with E-state index in [1.165, 1.54) is 0 Å². The van der Waals surface area contributed by atoms with Crippen LogP contribution >= 0.6 is 11.6 Å². The maximum atomic E-state index is 12.5. The van der Waals surface area contributed by atoms with Crippen LogP contribution in [0.4, 0.5) is 11.4 Å². The van der Waals surface area contributed by atoms with Gasteiger partial charge < -0.3 is 15.1 Å². The van der Waals surface area contributed by atoms with Gasteiger partial charge in [0.2, 0.25) is 5.91 Å². The molecule has 2 amide bonds. The molecular formula is C20H22ClN3O2. The van der Waals surface area contributed by atoms with Crippen molar-refractivity contribution >= 4 is 34.8 Å². The van der Waals surface area contributed by atoms with Crippen molar-refractivity contribution in [1.82, 2.24) is 4.90 Å². The second-order valence-corrected chi connectivity index (χ2v) is 6.95. The number of benzene rings is 2. The molecule has 2 aromatic rings. The van der Waals surface area contributed by atoms with Crippen LogP contribution in [0.1, 0.15) is 17.3 Å². The topological polar surface area (TPSA) is 52.7 Å². The number of nitrogens with one attached hydrogen (secondary N) is 1. The van der Waals surface area contributed by atoms with Crippen LogP contribution in [0.2, 0.25) is 0 Å². The molecule has 1 saturated heterocycles. The van der Waals surface area contributed by atoms with Crippen LogP contribution in [-0.4, -0.2) is 48.3 Å². The molecule has 2 aromatic carbocycles. The predicted octanol–water partition coefficient (Wildman–Crippen LogP) is 3.21. The lowest BCUT2D eigenvalue weighted by molar-refractivity contribution is -0.115. The number of amides is 2. The molecule has 0 spiro atoms. The van der Waals surface area contributed by atoms with Gasteiger partial charge in [-0.05, 0) is 43.3 Å². The Bertz CT molecular complexity index is 754. The summed E-state index contributed by atoms with van der Waals surface area (Å²) in [7, 11) is 0. The number of hydrogen-bond donors (Lipinski definition) is 1. The summed E-state index contributed by atoms with van der Waals surface area (Å²) in [6.07, 6.45) is 0. The molecule has 3 rings (SSSR count). The maximum Gasteiger partial charge on any atom is 0.253 e. The zero-order valence-electron chi connectivity index (χ0n) is 14.7. The van der Waals surface area contributed by atoms with Gasteiger partial charge in [0.05, 0.1) is 0 Å². The molecule has 5 nitrogen and oxygen atoms in total. The average Bonchev–Trinajstić information content (AvgIpc) is 2.69. The van der Waals surface area contributed by atoms with Crippen LogP contribution in [0, 0.1) is 0 Å². The minimum absolute atomic E-state index is 0.0819. The van der Waals surface area contributed by atoms with E-state index in [4.69, 9.17) is 11.6 Å². The third-order valence-corrected chi connectivity index (χ3v) is 4.65. The van der Waals surface area contributed by atoms with Crippen LogP contribution in [0.5, 0.6) is 0 Å². The van der Waals surface area contributed by atoms with E-state index in [2.05, 4.69) is 10.2 Å². The molecular weight excluding hydrogens is 350 g/mol. The molecule has 1 heterocycles. The summed E-state index contributed by atoms with van der Waals surface area (Å²) in [4.78, 5) is 28.3. The Hall–Kier alpha value is -2.53. The minimum atomic E-state index is -0.565. The van der Waals surface area contributed by atoms with Gasteiger partial charge in [-0.2, -0.15) is 0 Å². The molecule has 136 valence electrons. The highest BCUT2D eigenvalue weighted by molar-refractivity contribution is 6.32. The van der Waals surface area contributed by atoms with Crippen LogP contribution in [0.25, 0.3) is 0 Å². The second-order valence-electron chi connectivity index (χ2n) is 6.30. The van der Waals surface area contributed by atoms with E-state index in [9.17, 15) is 9.59 Å². The monoisotopic (exact) mass is 371 g/mol. The lowest BCUT2D eigenvalue weighted by atomic mass is 10.1. The molecule has 0 bridgehead atoms. The van der Waals surface area contributed by atoms with Crippen molar-refractivity contribution < 1.29 is 9.59 Å². The molecule has 6 heteroatoms. The predicted molar refractivity (Wildman–Crippen MR) is 105 cm³/mol. The number of rotatable bonds is 4. The lowest BCUT2D eigenvalue weighted by Gasteiger charge is -2.36. The summed E-state index contributed by atoms with van der Waals surface area (Å²) < 4.78 is 0. The Kier molecular flexibility index (Phi) is 5.78. The van der Waals surface area contributed by atoms with Gasteiger partial charge in [-0.25, -0.2) is 0 Å². The van der Waals surface area contributed by atoms with Gasteiger partial charge in [0, 0.05) is 43.1 Å². The zero-order chi connectivity index (χ0) is 18.5. The summed E-state index contributed by atoms with van der Waals surface area (Å²) in [6.45, 7) is 4.58. The van der Waals surface area contributed by atoms with Gasteiger partial charge in [-0.1, -0.05) is 18.2 Å². The molecule has 1 aliphatic rings. The summed E-state index contributed by atoms with van der Waals surface area (Å²) in [5.74, 6) is -0.133. The number of carbonyl (C=O) groups excluding carboxylic acids is 2. The SMILES string of the molecule is CC(Cl)C(=O)Nc1ccc(N2CCN(C(=O)c3ccccc3)CC2)cc1. The lowest BCUT2D eigenvalue weighted by Crippen LogP contribution is -2.48. The van der Waals surface area contributed by atoms with E-state index >= 15 is 0 Å². The first-order valence-corrected chi connectivity index (χ1v) is 9.12. The van der Waals surface area contributed by atoms with Gasteiger partial charge in [-0.3, -0.25) is 9.59 Å². The van der Waals surface area contributed by atoms with E-state index < -0.39 is 5.38 Å². The molecule has 0 saturated carbocycles. The van der Waals surface area contributed by atoms with Gasteiger partial charge in [0.1, 0.15) is 5.38 Å². The average molecular weight is 372 g/mol. The smallest absolute Gasteiger partial charge is 0.253 e. The molecule has 1 fully saturated rings. The molecule has 1 N–H and O–H groups in total. The van der Waals surface area contributed by atoms with Crippen LogP contribution in [0.15, 0.2) is 54.6 Å². The minimum Gasteiger partial charge on any atom is -0.368 e. The van der Waals surface area contributed by atoms with Crippen LogP contribution < -0.4 is 10.2 Å². The molecule has 0 aromatic heterocycles. The highest BCUT2D eigenvalue weighted by Crippen LogP contribution is 2.20. The van der Waals surface area contributed by atoms with Crippen molar-refractivity contribution in [2.75, 3.05) is 36.4 Å². The summed E-state index contributed by atoms with van der Waals surface area (Å²) in [5.41, 5.74) is 2.53. The van der Waals surface area contributed by atoms with Crippen molar-refractivity contribution in [3.63, 3.8) is 0 Å². The number of carbonyl (C=O) groups is 2. The Morgan fingerprint density at radius 3 is 2.15 bits per heavy atom. The summed E-state index contributed by atoms with van der Waals surface area (Å²) in [5, 5.41) is 2.20. The number of nitrogens with zero attached hydrogens (tertiary/aromatic N) is 2. The Morgan fingerprint density at radius 2 is 1.58 bits per heavy atom. The molecule has 1 unspecified atom stereocenters. The van der Waals surface area contributed by atoms with Gasteiger partial charge >= 0.3 is 0 Å². The third-order valence-electron chi connectivity index (χ3n) is 4.45. The Balaban J connectivity index is 1.56. The Labute approximate surface area is 158 Å². The largest absolute Gasteiger partial charge is 0.368 e. The van der Waals surface area contributed by atoms with E-state index in [-0.39, 0.29) is 11.8 Å². The summed E-state index contributed by atoms with van der Waals surface area (Å²) >= 11 is 5.76. The second kappa shape index (κ2) is 8.23. The quantitative estimate of drug-likeness (QED) is 0.839. The van der Waals surface area contributed by atoms with E-state index in [0.29, 0.717) is 13.1 Å². The number of alkyl halides is 1. The van der Waals surface area contributed by atoms with E-state index in [1.54, 1.807) is 6.92 Å². The highest BCUT2D eigenvalue weighted by atomic mass is 35.5. The van der Waals surface area contributed by atoms with Gasteiger partial charge in [0.15, 0.2) is 0 Å². The normalized spacial score (nSPS) is 15.5. The first-order valence-electron chi connectivity index (χ1n) is 8.69. The zero-order valence-corrected chi connectivity index (χ0v) is 15.4. The number of piperazine rings is 1. The van der Waals surface area contributed by atoms with Gasteiger partial charge in [0.25, 0.3) is 5.91 Å². The number of halogens is 1. The van der Waals surface area contributed by atoms with Crippen molar-refractivity contribution in [1.29, 1.82) is 0 Å². The van der Waals surface area contributed by atoms with Crippen molar-refractivity contribution in [3.8, 4) is 0 Å². The van der Waals surface area contributed by atoms with Crippen LogP contribution in [-0.2, 0) is 4.79 Å². The highest BCUT2D eigenvalue weighted by Gasteiger charge is 2.22. The molecule has 0 radical (unpaired) electrons. The molecule has 26 heavy (non-hydrogen) atoms. The first kappa shape index (κ1) is 18.3. The van der Waals surface area contributed by atoms with Gasteiger partial charge in [-0.15, -0.1) is 11.6 Å². The van der Waals surface area contributed by atoms with Crippen molar-refractivity contribution in [3.05, 3.63) is 60.2 Å². The molecule has 0 aliphatic carbocycles. The molecule has 1 aliphatic heterocycles. The van der Waals surface area contributed by atoms with Crippen molar-refractivity contribution in [2.45, 2.75) is 12.3 Å². The van der Waals surface area contributed by atoms with E-state index in [1.807, 2.05) is 59.5 Å². The fraction of sp³-hybridized carbons (Fsp3) is 0.300. The fourth-order valence-electron chi connectivity index (χ4n) is 2.93. The van der Waals surface area contributed by atoms with Crippen molar-refractivity contribution in [2.24, 2.45) is 0 Å². The van der Waals surface area contributed by atoms with E-state index in [0.717, 1.165) is 30.0 Å². The standard InChI is InChI=1S/C20H22ClN3O2/c1-15(21)19(25)22-17-7-9-18(10-8-17)23-11-13-24(14-12-23)20(26)16-5-3-2-4-6-16/h2-10,15H,11-14H2,1H3,(H,22,25). The first-order chi connectivity index (χ1) is 12.5. The summed E-state index contributed by atoms with van der Waals surface area (Å²) in [6, 6.07) is 17.1. The number of hydrogen-bond acceptors (Lipinski definition) is 3. The van der Waals surface area contributed by atoms with Crippen LogP contribution in [0.3, 0.4) is 0 Å². The maximum absolute atomic E-state index is 12.5. The molecule has 1 atom stereocenters. The fourth-order valence-corrected chi connectivity index (χ4v) is 2.98.